The topological polar surface area (TPSA) is 27.8 Å². The Balaban J connectivity index is 1.73. The summed E-state index contributed by atoms with van der Waals surface area (Å²) in [4.78, 5) is 3.57. The third kappa shape index (κ3) is 3.46. The van der Waals surface area contributed by atoms with Gasteiger partial charge in [0.25, 0.3) is 0 Å². The third-order valence-corrected chi connectivity index (χ3v) is 6.05. The van der Waals surface area contributed by atoms with Gasteiger partial charge in [-0.25, -0.2) is 0 Å². The number of aromatic amines is 1. The summed E-state index contributed by atoms with van der Waals surface area (Å²) in [5, 5.41) is 6.86. The molecule has 2 N–H and O–H groups in total. The fraction of sp³-hybridized carbons (Fsp3) is 0.556. The molecule has 1 aromatic carbocycles. The van der Waals surface area contributed by atoms with Crippen LogP contribution in [0.2, 0.25) is 0 Å². The van der Waals surface area contributed by atoms with E-state index >= 15 is 0 Å². The van der Waals surface area contributed by atoms with Crippen molar-refractivity contribution in [1.82, 2.24) is 10.3 Å². The number of nitrogens with one attached hydrogen (secondary N) is 2. The summed E-state index contributed by atoms with van der Waals surface area (Å²) in [5.74, 6) is 0.918. The fourth-order valence-electron chi connectivity index (χ4n) is 3.62. The summed E-state index contributed by atoms with van der Waals surface area (Å²) in [6, 6.07) is 11.5. The fourth-order valence-corrected chi connectivity index (χ4v) is 5.11. The monoisotopic (exact) mass is 302 g/mol. The number of rotatable bonds is 5. The van der Waals surface area contributed by atoms with Gasteiger partial charge in [0, 0.05) is 22.2 Å². The lowest BCUT2D eigenvalue weighted by Gasteiger charge is -2.35. The molecule has 1 fully saturated rings. The maximum atomic E-state index is 3.57. The van der Waals surface area contributed by atoms with Gasteiger partial charge in [-0.2, -0.15) is 0 Å². The first-order valence-electron chi connectivity index (χ1n) is 8.21. The van der Waals surface area contributed by atoms with Gasteiger partial charge in [-0.05, 0) is 44.4 Å². The zero-order chi connectivity index (χ0) is 14.7. The van der Waals surface area contributed by atoms with Gasteiger partial charge in [0.2, 0.25) is 0 Å². The van der Waals surface area contributed by atoms with Crippen molar-refractivity contribution in [3.8, 4) is 0 Å². The number of hydrogen-bond donors (Lipinski definition) is 2. The van der Waals surface area contributed by atoms with Crippen molar-refractivity contribution in [1.29, 1.82) is 0 Å². The molecule has 0 amide bonds. The number of para-hydroxylation sites is 1. The Morgan fingerprint density at radius 2 is 2.14 bits per heavy atom. The van der Waals surface area contributed by atoms with Crippen LogP contribution < -0.4 is 5.32 Å². The quantitative estimate of drug-likeness (QED) is 0.829. The minimum Gasteiger partial charge on any atom is -0.350 e. The molecule has 1 aliphatic carbocycles. The number of H-pyrrole nitrogens is 1. The minimum atomic E-state index is 0.648. The summed E-state index contributed by atoms with van der Waals surface area (Å²) in [5.41, 5.74) is 1.25. The Morgan fingerprint density at radius 1 is 1.29 bits per heavy atom. The largest absolute Gasteiger partial charge is 0.350 e. The molecule has 0 aliphatic heterocycles. The van der Waals surface area contributed by atoms with Crippen LogP contribution in [-0.2, 0) is 0 Å². The number of fused-ring (bicyclic) bond motifs is 1. The molecule has 3 atom stereocenters. The van der Waals surface area contributed by atoms with Gasteiger partial charge in [-0.3, -0.25) is 0 Å². The standard InChI is InChI=1S/C18H26N2S/c1-3-6-13-9-10-16(19-2)17(11-13)21-18-12-14-7-4-5-8-15(14)20-18/h4-5,7-8,12-13,16-17,19-20H,3,6,9-11H2,1-2H3. The highest BCUT2D eigenvalue weighted by Gasteiger charge is 2.30. The van der Waals surface area contributed by atoms with E-state index in [1.54, 1.807) is 0 Å². The number of aromatic nitrogens is 1. The van der Waals surface area contributed by atoms with E-state index in [1.807, 2.05) is 11.8 Å². The second-order valence-electron chi connectivity index (χ2n) is 6.24. The van der Waals surface area contributed by atoms with Crippen LogP contribution in [0.3, 0.4) is 0 Å². The van der Waals surface area contributed by atoms with Gasteiger partial charge in [0.15, 0.2) is 0 Å². The predicted octanol–water partition coefficient (Wildman–Crippen LogP) is 4.82. The van der Waals surface area contributed by atoms with Crippen LogP contribution in [0.4, 0.5) is 0 Å². The SMILES string of the molecule is CCCC1CCC(NC)C(Sc2cc3ccccc3[nH]2)C1. The maximum Gasteiger partial charge on any atom is 0.0735 e. The summed E-state index contributed by atoms with van der Waals surface area (Å²) in [6.45, 7) is 2.31. The molecule has 0 spiro atoms. The molecule has 3 rings (SSSR count). The zero-order valence-electron chi connectivity index (χ0n) is 13.1. The van der Waals surface area contributed by atoms with E-state index in [0.717, 1.165) is 5.92 Å². The molecule has 2 nitrogen and oxygen atoms in total. The normalized spacial score (nSPS) is 26.3. The smallest absolute Gasteiger partial charge is 0.0735 e. The number of hydrogen-bond acceptors (Lipinski definition) is 2. The van der Waals surface area contributed by atoms with E-state index in [9.17, 15) is 0 Å². The van der Waals surface area contributed by atoms with Gasteiger partial charge in [-0.1, -0.05) is 38.0 Å². The van der Waals surface area contributed by atoms with Gasteiger partial charge in [0.05, 0.1) is 5.03 Å². The van der Waals surface area contributed by atoms with Crippen molar-refractivity contribution >= 4 is 22.7 Å². The lowest BCUT2D eigenvalue weighted by Crippen LogP contribution is -2.40. The lowest BCUT2D eigenvalue weighted by atomic mass is 9.83. The molecule has 0 bridgehead atoms. The molecular formula is C18H26N2S. The molecule has 21 heavy (non-hydrogen) atoms. The Labute approximate surface area is 132 Å². The average molecular weight is 302 g/mol. The van der Waals surface area contributed by atoms with E-state index in [0.29, 0.717) is 11.3 Å². The summed E-state index contributed by atoms with van der Waals surface area (Å²) < 4.78 is 0. The van der Waals surface area contributed by atoms with E-state index in [-0.39, 0.29) is 0 Å². The maximum absolute atomic E-state index is 3.57. The minimum absolute atomic E-state index is 0.648. The predicted molar refractivity (Wildman–Crippen MR) is 93.0 cm³/mol. The molecule has 1 aromatic heterocycles. The summed E-state index contributed by atoms with van der Waals surface area (Å²) in [6.07, 6.45) is 6.76. The molecule has 3 unspecified atom stereocenters. The van der Waals surface area contributed by atoms with E-state index in [2.05, 4.69) is 54.6 Å². The highest BCUT2D eigenvalue weighted by molar-refractivity contribution is 7.99. The molecule has 1 heterocycles. The lowest BCUT2D eigenvalue weighted by molar-refractivity contribution is 0.295. The van der Waals surface area contributed by atoms with Crippen molar-refractivity contribution in [2.45, 2.75) is 55.3 Å². The molecule has 0 saturated heterocycles. The van der Waals surface area contributed by atoms with Crippen molar-refractivity contribution in [2.75, 3.05) is 7.05 Å². The second kappa shape index (κ2) is 6.89. The number of benzene rings is 1. The summed E-state index contributed by atoms with van der Waals surface area (Å²) >= 11 is 2.03. The molecule has 3 heteroatoms. The zero-order valence-corrected chi connectivity index (χ0v) is 13.9. The molecule has 2 aromatic rings. The van der Waals surface area contributed by atoms with Gasteiger partial charge in [-0.15, -0.1) is 11.8 Å². The van der Waals surface area contributed by atoms with Crippen LogP contribution in [0.5, 0.6) is 0 Å². The molecule has 1 saturated carbocycles. The Bertz CT molecular complexity index is 544. The Kier molecular flexibility index (Phi) is 4.91. The average Bonchev–Trinajstić information content (AvgIpc) is 2.90. The summed E-state index contributed by atoms with van der Waals surface area (Å²) in [7, 11) is 2.11. The van der Waals surface area contributed by atoms with Gasteiger partial charge in [0.1, 0.15) is 0 Å². The molecule has 1 aliphatic rings. The van der Waals surface area contributed by atoms with Crippen molar-refractivity contribution in [3.63, 3.8) is 0 Å². The Hall–Kier alpha value is -0.930. The van der Waals surface area contributed by atoms with Crippen molar-refractivity contribution in [2.24, 2.45) is 5.92 Å². The number of thioether (sulfide) groups is 1. The van der Waals surface area contributed by atoms with Crippen LogP contribution in [0.15, 0.2) is 35.4 Å². The second-order valence-corrected chi connectivity index (χ2v) is 7.52. The molecule has 114 valence electrons. The van der Waals surface area contributed by atoms with Crippen LogP contribution in [-0.4, -0.2) is 23.3 Å². The van der Waals surface area contributed by atoms with Crippen LogP contribution in [0.25, 0.3) is 10.9 Å². The Morgan fingerprint density at radius 3 is 2.90 bits per heavy atom. The van der Waals surface area contributed by atoms with Crippen LogP contribution in [0.1, 0.15) is 39.0 Å². The first-order valence-corrected chi connectivity index (χ1v) is 9.09. The van der Waals surface area contributed by atoms with Gasteiger partial charge >= 0.3 is 0 Å². The molecule has 0 radical (unpaired) electrons. The first-order chi connectivity index (χ1) is 10.3. The van der Waals surface area contributed by atoms with E-state index in [4.69, 9.17) is 0 Å². The van der Waals surface area contributed by atoms with E-state index in [1.165, 1.54) is 48.0 Å². The van der Waals surface area contributed by atoms with Crippen LogP contribution in [0, 0.1) is 5.92 Å². The highest BCUT2D eigenvalue weighted by Crippen LogP contribution is 2.38. The first kappa shape index (κ1) is 15.0. The third-order valence-electron chi connectivity index (χ3n) is 4.75. The van der Waals surface area contributed by atoms with Crippen molar-refractivity contribution in [3.05, 3.63) is 30.3 Å². The van der Waals surface area contributed by atoms with E-state index < -0.39 is 0 Å². The van der Waals surface area contributed by atoms with Crippen molar-refractivity contribution < 1.29 is 0 Å². The van der Waals surface area contributed by atoms with Gasteiger partial charge < -0.3 is 10.3 Å². The van der Waals surface area contributed by atoms with Crippen LogP contribution >= 0.6 is 11.8 Å². The molecular weight excluding hydrogens is 276 g/mol. The highest BCUT2D eigenvalue weighted by atomic mass is 32.2.